The van der Waals surface area contributed by atoms with Crippen molar-refractivity contribution in [3.63, 3.8) is 0 Å². The monoisotopic (exact) mass is 204 g/mol. The molecule has 1 heterocycles. The summed E-state index contributed by atoms with van der Waals surface area (Å²) in [5.74, 6) is 0.288. The molecule has 0 aromatic heterocycles. The number of hydrogen-bond acceptors (Lipinski definition) is 3. The van der Waals surface area contributed by atoms with E-state index in [1.165, 1.54) is 0 Å². The van der Waals surface area contributed by atoms with Gasteiger partial charge in [-0.15, -0.1) is 0 Å². The topological polar surface area (TPSA) is 44.3 Å². The molecule has 0 bridgehead atoms. The van der Waals surface area contributed by atoms with E-state index in [0.717, 1.165) is 11.4 Å². The van der Waals surface area contributed by atoms with Gasteiger partial charge in [-0.2, -0.15) is 0 Å². The summed E-state index contributed by atoms with van der Waals surface area (Å²) in [6, 6.07) is 0. The van der Waals surface area contributed by atoms with Crippen LogP contribution in [0.2, 0.25) is 0 Å². The summed E-state index contributed by atoms with van der Waals surface area (Å²) in [4.78, 5) is 0. The predicted octanol–water partition coefficient (Wildman–Crippen LogP) is 1.76. The molecule has 15 heavy (non-hydrogen) atoms. The number of allylic oxidation sites excluding steroid dienone is 4. The van der Waals surface area contributed by atoms with Gasteiger partial charge >= 0.3 is 0 Å². The summed E-state index contributed by atoms with van der Waals surface area (Å²) in [6.45, 7) is 8.49. The van der Waals surface area contributed by atoms with Gasteiger partial charge in [0.1, 0.15) is 5.76 Å². The molecule has 0 atom stereocenters. The Balaban J connectivity index is 2.91. The van der Waals surface area contributed by atoms with Gasteiger partial charge < -0.3 is 15.7 Å². The van der Waals surface area contributed by atoms with Gasteiger partial charge in [-0.1, -0.05) is 25.3 Å². The Morgan fingerprint density at radius 2 is 1.87 bits per heavy atom. The van der Waals surface area contributed by atoms with Crippen LogP contribution in [0.4, 0.5) is 0 Å². The lowest BCUT2D eigenvalue weighted by atomic mass is 10.2. The number of aliphatic hydroxyl groups is 1. The first-order chi connectivity index (χ1) is 7.27. The van der Waals surface area contributed by atoms with Crippen molar-refractivity contribution < 1.29 is 5.11 Å². The van der Waals surface area contributed by atoms with Gasteiger partial charge in [-0.3, -0.25) is 0 Å². The van der Waals surface area contributed by atoms with Crippen LogP contribution in [0.5, 0.6) is 0 Å². The average molecular weight is 204 g/mol. The van der Waals surface area contributed by atoms with Crippen LogP contribution in [0, 0.1) is 0 Å². The molecule has 0 spiro atoms. The Hall–Kier alpha value is -1.90. The summed E-state index contributed by atoms with van der Waals surface area (Å²) in [7, 11) is 0. The highest BCUT2D eigenvalue weighted by Crippen LogP contribution is 2.02. The smallest absolute Gasteiger partial charge is 0.111 e. The Labute approximate surface area is 90.2 Å². The molecule has 3 nitrogen and oxygen atoms in total. The maximum atomic E-state index is 9.45. The van der Waals surface area contributed by atoms with Gasteiger partial charge in [-0.05, 0) is 18.2 Å². The Morgan fingerprint density at radius 3 is 2.53 bits per heavy atom. The van der Waals surface area contributed by atoms with Crippen LogP contribution >= 0.6 is 0 Å². The van der Waals surface area contributed by atoms with Crippen LogP contribution in [0.15, 0.2) is 60.7 Å². The van der Waals surface area contributed by atoms with E-state index in [1.54, 1.807) is 18.2 Å². The van der Waals surface area contributed by atoms with E-state index in [2.05, 4.69) is 23.8 Å². The minimum atomic E-state index is 0.288. The summed E-state index contributed by atoms with van der Waals surface area (Å²) in [5.41, 5.74) is 1.71. The van der Waals surface area contributed by atoms with Gasteiger partial charge in [-0.25, -0.2) is 0 Å². The molecule has 3 heteroatoms. The third-order valence-electron chi connectivity index (χ3n) is 1.99. The summed E-state index contributed by atoms with van der Waals surface area (Å²) >= 11 is 0. The van der Waals surface area contributed by atoms with E-state index in [4.69, 9.17) is 0 Å². The van der Waals surface area contributed by atoms with Crippen LogP contribution in [0.1, 0.15) is 0 Å². The highest BCUT2D eigenvalue weighted by Gasteiger charge is 2.01. The number of rotatable bonds is 2. The molecular formula is C12H16N2O. The van der Waals surface area contributed by atoms with Crippen LogP contribution in [-0.4, -0.2) is 18.2 Å². The van der Waals surface area contributed by atoms with Crippen molar-refractivity contribution in [1.82, 2.24) is 10.6 Å². The fraction of sp³-hybridized carbons (Fsp3) is 0.167. The van der Waals surface area contributed by atoms with E-state index in [-0.39, 0.29) is 5.76 Å². The second kappa shape index (κ2) is 5.75. The minimum Gasteiger partial charge on any atom is -0.510 e. The van der Waals surface area contributed by atoms with Gasteiger partial charge in [0.05, 0.1) is 17.9 Å². The molecule has 0 saturated carbocycles. The lowest BCUT2D eigenvalue weighted by Gasteiger charge is -2.13. The maximum absolute atomic E-state index is 9.45. The lowest BCUT2D eigenvalue weighted by molar-refractivity contribution is 0.394. The normalized spacial score (nSPS) is 27.6. The van der Waals surface area contributed by atoms with E-state index >= 15 is 0 Å². The second-order valence-electron chi connectivity index (χ2n) is 3.06. The molecule has 0 saturated heterocycles. The molecule has 0 radical (unpaired) electrons. The predicted molar refractivity (Wildman–Crippen MR) is 63.3 cm³/mol. The Morgan fingerprint density at radius 1 is 1.20 bits per heavy atom. The van der Waals surface area contributed by atoms with Crippen molar-refractivity contribution in [3.8, 4) is 0 Å². The number of hydrogen-bond donors (Lipinski definition) is 3. The first-order valence-corrected chi connectivity index (χ1v) is 4.79. The molecule has 1 aliphatic rings. The highest BCUT2D eigenvalue weighted by molar-refractivity contribution is 5.30. The standard InChI is InChI=1S/C12H16N2O/c1-3-11-12(4-2)14-9-10(15)7-5-6-8-13-11/h3-7,13-15H,1-2,8-9H2/b6-5-,10-7+,12-11-. The van der Waals surface area contributed by atoms with E-state index < -0.39 is 0 Å². The van der Waals surface area contributed by atoms with Crippen LogP contribution < -0.4 is 10.6 Å². The van der Waals surface area contributed by atoms with Crippen LogP contribution in [-0.2, 0) is 0 Å². The molecule has 0 unspecified atom stereocenters. The van der Waals surface area contributed by atoms with Crippen molar-refractivity contribution in [2.75, 3.05) is 13.1 Å². The second-order valence-corrected chi connectivity index (χ2v) is 3.06. The SMILES string of the molecule is C=C/C1=C(\C=C)NC/C(O)=C\C=C/CN1. The summed E-state index contributed by atoms with van der Waals surface area (Å²) in [5, 5.41) is 15.7. The zero-order chi connectivity index (χ0) is 11.1. The third kappa shape index (κ3) is 3.38. The van der Waals surface area contributed by atoms with Crippen molar-refractivity contribution in [3.05, 3.63) is 60.7 Å². The molecule has 0 aliphatic carbocycles. The first-order valence-electron chi connectivity index (χ1n) is 4.79. The van der Waals surface area contributed by atoms with Gasteiger partial charge in [0, 0.05) is 6.54 Å². The quantitative estimate of drug-likeness (QED) is 0.642. The zero-order valence-electron chi connectivity index (χ0n) is 8.66. The maximum Gasteiger partial charge on any atom is 0.111 e. The van der Waals surface area contributed by atoms with Crippen molar-refractivity contribution in [2.24, 2.45) is 0 Å². The molecule has 1 aliphatic heterocycles. The minimum absolute atomic E-state index is 0.288. The largest absolute Gasteiger partial charge is 0.510 e. The fourth-order valence-corrected chi connectivity index (χ4v) is 1.22. The molecule has 80 valence electrons. The number of nitrogens with one attached hydrogen (secondary N) is 2. The summed E-state index contributed by atoms with van der Waals surface area (Å²) < 4.78 is 0. The molecule has 0 amide bonds. The Kier molecular flexibility index (Phi) is 4.29. The van der Waals surface area contributed by atoms with Crippen molar-refractivity contribution in [1.29, 1.82) is 0 Å². The Bertz CT molecular complexity index is 338. The van der Waals surface area contributed by atoms with E-state index in [1.807, 2.05) is 12.2 Å². The molecule has 0 aromatic carbocycles. The molecule has 0 fully saturated rings. The highest BCUT2D eigenvalue weighted by atomic mass is 16.3. The van der Waals surface area contributed by atoms with Crippen molar-refractivity contribution in [2.45, 2.75) is 0 Å². The van der Waals surface area contributed by atoms with Crippen LogP contribution in [0.25, 0.3) is 0 Å². The fourth-order valence-electron chi connectivity index (χ4n) is 1.22. The first kappa shape index (κ1) is 11.2. The van der Waals surface area contributed by atoms with Gasteiger partial charge in [0.2, 0.25) is 0 Å². The van der Waals surface area contributed by atoms with E-state index in [9.17, 15) is 5.11 Å². The lowest BCUT2D eigenvalue weighted by Crippen LogP contribution is -2.23. The third-order valence-corrected chi connectivity index (χ3v) is 1.99. The average Bonchev–Trinajstić information content (AvgIpc) is 2.26. The van der Waals surface area contributed by atoms with Crippen LogP contribution in [0.3, 0.4) is 0 Å². The molecule has 0 aromatic rings. The number of aliphatic hydroxyl groups excluding tert-OH is 1. The molecular weight excluding hydrogens is 188 g/mol. The van der Waals surface area contributed by atoms with Gasteiger partial charge in [0.15, 0.2) is 0 Å². The summed E-state index contributed by atoms with van der Waals surface area (Å²) in [6.07, 6.45) is 8.81. The zero-order valence-corrected chi connectivity index (χ0v) is 8.66. The molecule has 3 N–H and O–H groups in total. The van der Waals surface area contributed by atoms with Gasteiger partial charge in [0.25, 0.3) is 0 Å². The van der Waals surface area contributed by atoms with E-state index in [0.29, 0.717) is 13.1 Å². The van der Waals surface area contributed by atoms with Crippen molar-refractivity contribution >= 4 is 0 Å². The molecule has 1 rings (SSSR count).